The average Bonchev–Trinajstić information content (AvgIpc) is 2.41. The minimum atomic E-state index is -0.494. The van der Waals surface area contributed by atoms with E-state index >= 15 is 0 Å². The summed E-state index contributed by atoms with van der Waals surface area (Å²) < 4.78 is 6.27. The first-order chi connectivity index (χ1) is 6.89. The molecule has 0 aromatic heterocycles. The molecule has 0 fully saturated rings. The molecule has 1 heterocycles. The zero-order valence-corrected chi connectivity index (χ0v) is 12.2. The van der Waals surface area contributed by atoms with Crippen molar-refractivity contribution in [2.45, 2.75) is 19.1 Å². The van der Waals surface area contributed by atoms with Crippen LogP contribution in [0.5, 0.6) is 5.75 Å². The van der Waals surface area contributed by atoms with Crippen molar-refractivity contribution in [3.63, 3.8) is 0 Å². The van der Waals surface area contributed by atoms with Crippen LogP contribution >= 0.6 is 0 Å². The molecule has 0 spiro atoms. The topological polar surface area (TPSA) is 29.5 Å². The first kappa shape index (κ1) is 13.7. The Labute approximate surface area is 114 Å². The van der Waals surface area contributed by atoms with Gasteiger partial charge < -0.3 is 33.8 Å². The number of nitrogens with zero attached hydrogens (tertiary/aromatic N) is 1. The minimum absolute atomic E-state index is 0. The predicted octanol–water partition coefficient (Wildman–Crippen LogP) is -1.30. The summed E-state index contributed by atoms with van der Waals surface area (Å²) in [6, 6.07) is 6.02. The van der Waals surface area contributed by atoms with Gasteiger partial charge in [0.15, 0.2) is 0 Å². The van der Waals surface area contributed by atoms with E-state index in [1.165, 1.54) is 5.69 Å². The van der Waals surface area contributed by atoms with E-state index in [-0.39, 0.29) is 30.1 Å². The second-order valence-electron chi connectivity index (χ2n) is 5.00. The van der Waals surface area contributed by atoms with Crippen LogP contribution in [0.3, 0.4) is 0 Å². The fourth-order valence-corrected chi connectivity index (χ4v) is 1.81. The lowest BCUT2D eigenvalue weighted by Crippen LogP contribution is -3.00. The van der Waals surface area contributed by atoms with Crippen LogP contribution < -0.4 is 33.2 Å². The molecule has 1 aromatic rings. The molecule has 4 heteroatoms. The van der Waals surface area contributed by atoms with Crippen LogP contribution in [0.15, 0.2) is 18.2 Å². The van der Waals surface area contributed by atoms with Crippen molar-refractivity contribution in [3.8, 4) is 5.75 Å². The van der Waals surface area contributed by atoms with E-state index in [2.05, 4.69) is 21.1 Å². The normalized spacial score (nSPS) is 23.3. The van der Waals surface area contributed by atoms with Gasteiger partial charge in [0.1, 0.15) is 23.6 Å². The van der Waals surface area contributed by atoms with Crippen molar-refractivity contribution >= 4 is 5.69 Å². The van der Waals surface area contributed by atoms with E-state index in [1.54, 1.807) is 0 Å². The molecule has 0 saturated carbocycles. The molecule has 0 aliphatic carbocycles. The quantitative estimate of drug-likeness (QED) is 0.511. The average molecular weight is 335 g/mol. The molecular weight excluding hydrogens is 317 g/mol. The van der Waals surface area contributed by atoms with Gasteiger partial charge in [0.05, 0.1) is 21.1 Å². The number of fused-ring (bicyclic) bond motifs is 1. The van der Waals surface area contributed by atoms with Crippen molar-refractivity contribution in [2.24, 2.45) is 0 Å². The molecule has 90 valence electrons. The molecule has 2 atom stereocenters. The van der Waals surface area contributed by atoms with Gasteiger partial charge in [-0.1, -0.05) is 0 Å². The standard InChI is InChI=1S/C12H18NO2.HI/c1-8-12(14)10-7-9(13(2,3)4)5-6-11(10)15-8;/h5-8,12,14H,1-4H3;1H/q+1;/p-1/t8-,12+;/m1./s1. The number of aliphatic hydroxyl groups excluding tert-OH is 1. The zero-order chi connectivity index (χ0) is 11.2. The Hall–Kier alpha value is -0.330. The van der Waals surface area contributed by atoms with Crippen molar-refractivity contribution < 1.29 is 33.8 Å². The molecule has 1 aliphatic rings. The summed E-state index contributed by atoms with van der Waals surface area (Å²) in [5, 5.41) is 9.91. The third-order valence-corrected chi connectivity index (χ3v) is 2.84. The lowest BCUT2D eigenvalue weighted by atomic mass is 10.1. The molecule has 3 nitrogen and oxygen atoms in total. The second kappa shape index (κ2) is 4.50. The molecule has 16 heavy (non-hydrogen) atoms. The van der Waals surface area contributed by atoms with E-state index < -0.39 is 6.10 Å². The number of ether oxygens (including phenoxy) is 1. The summed E-state index contributed by atoms with van der Waals surface area (Å²) in [6.07, 6.45) is -0.630. The summed E-state index contributed by atoms with van der Waals surface area (Å²) in [6.45, 7) is 1.89. The van der Waals surface area contributed by atoms with E-state index in [9.17, 15) is 5.11 Å². The summed E-state index contributed by atoms with van der Waals surface area (Å²) in [5.41, 5.74) is 2.08. The Bertz CT molecular complexity index is 387. The van der Waals surface area contributed by atoms with E-state index in [1.807, 2.05) is 25.1 Å². The van der Waals surface area contributed by atoms with Crippen molar-refractivity contribution in [2.75, 3.05) is 21.1 Å². The van der Waals surface area contributed by atoms with Crippen LogP contribution in [0.2, 0.25) is 0 Å². The fourth-order valence-electron chi connectivity index (χ4n) is 1.81. The number of aliphatic hydroxyl groups is 1. The van der Waals surface area contributed by atoms with Gasteiger partial charge in [-0.15, -0.1) is 0 Å². The molecule has 0 unspecified atom stereocenters. The number of hydrogen-bond donors (Lipinski definition) is 1. The molecular formula is C12H18INO2. The van der Waals surface area contributed by atoms with Crippen molar-refractivity contribution in [3.05, 3.63) is 23.8 Å². The van der Waals surface area contributed by atoms with E-state index in [0.717, 1.165) is 15.8 Å². The van der Waals surface area contributed by atoms with Gasteiger partial charge in [0, 0.05) is 17.7 Å². The Morgan fingerprint density at radius 1 is 1.25 bits per heavy atom. The maximum Gasteiger partial charge on any atom is 0.132 e. The Balaban J connectivity index is 0.00000128. The summed E-state index contributed by atoms with van der Waals surface area (Å²) in [4.78, 5) is 0. The summed E-state index contributed by atoms with van der Waals surface area (Å²) in [7, 11) is 6.31. The van der Waals surface area contributed by atoms with Gasteiger partial charge in [-0.3, -0.25) is 4.48 Å². The summed E-state index contributed by atoms with van der Waals surface area (Å²) >= 11 is 0. The molecule has 0 saturated heterocycles. The highest BCUT2D eigenvalue weighted by atomic mass is 127. The Kier molecular flexibility index (Phi) is 3.87. The molecule has 0 bridgehead atoms. The molecule has 1 aliphatic heterocycles. The maximum absolute atomic E-state index is 9.91. The Morgan fingerprint density at radius 3 is 2.44 bits per heavy atom. The number of hydrogen-bond acceptors (Lipinski definition) is 2. The third kappa shape index (κ3) is 2.33. The maximum atomic E-state index is 9.91. The first-order valence-corrected chi connectivity index (χ1v) is 5.20. The van der Waals surface area contributed by atoms with E-state index in [0.29, 0.717) is 0 Å². The minimum Gasteiger partial charge on any atom is -1.00 e. The number of rotatable bonds is 1. The SMILES string of the molecule is C[C@H]1Oc2ccc([N+](C)(C)C)cc2[C@H]1O.[I-]. The van der Waals surface area contributed by atoms with E-state index in [4.69, 9.17) is 4.74 Å². The van der Waals surface area contributed by atoms with Crippen molar-refractivity contribution in [1.29, 1.82) is 0 Å². The van der Waals surface area contributed by atoms with Gasteiger partial charge in [0.25, 0.3) is 0 Å². The van der Waals surface area contributed by atoms with Crippen molar-refractivity contribution in [1.82, 2.24) is 4.48 Å². The highest BCUT2D eigenvalue weighted by Gasteiger charge is 2.30. The predicted molar refractivity (Wildman–Crippen MR) is 61.1 cm³/mol. The second-order valence-corrected chi connectivity index (χ2v) is 5.00. The lowest BCUT2D eigenvalue weighted by molar-refractivity contribution is -0.00000494. The smallest absolute Gasteiger partial charge is 0.132 e. The number of quaternary nitrogens is 1. The molecule has 1 aromatic carbocycles. The summed E-state index contributed by atoms with van der Waals surface area (Å²) in [5.74, 6) is 0.812. The first-order valence-electron chi connectivity index (χ1n) is 5.20. The van der Waals surface area contributed by atoms with Gasteiger partial charge >= 0.3 is 0 Å². The lowest BCUT2D eigenvalue weighted by Gasteiger charge is -2.23. The molecule has 2 rings (SSSR count). The highest BCUT2D eigenvalue weighted by Crippen LogP contribution is 2.39. The third-order valence-electron chi connectivity index (χ3n) is 2.84. The van der Waals surface area contributed by atoms with Crippen LogP contribution in [-0.2, 0) is 0 Å². The zero-order valence-electron chi connectivity index (χ0n) is 10.1. The number of halogens is 1. The molecule has 0 radical (unpaired) electrons. The van der Waals surface area contributed by atoms with Crippen LogP contribution in [0.1, 0.15) is 18.6 Å². The Morgan fingerprint density at radius 2 is 1.88 bits per heavy atom. The largest absolute Gasteiger partial charge is 1.00 e. The van der Waals surface area contributed by atoms with Gasteiger partial charge in [-0.2, -0.15) is 0 Å². The fraction of sp³-hybridized carbons (Fsp3) is 0.500. The van der Waals surface area contributed by atoms with Gasteiger partial charge in [-0.05, 0) is 13.0 Å². The molecule has 0 amide bonds. The van der Waals surface area contributed by atoms with Gasteiger partial charge in [-0.25, -0.2) is 0 Å². The highest BCUT2D eigenvalue weighted by molar-refractivity contribution is 5.52. The van der Waals surface area contributed by atoms with Crippen LogP contribution in [0.4, 0.5) is 5.69 Å². The molecule has 1 N–H and O–H groups in total. The van der Waals surface area contributed by atoms with Crippen LogP contribution in [0, 0.1) is 0 Å². The van der Waals surface area contributed by atoms with Gasteiger partial charge in [0.2, 0.25) is 0 Å². The number of benzene rings is 1. The van der Waals surface area contributed by atoms with Crippen LogP contribution in [0.25, 0.3) is 0 Å². The monoisotopic (exact) mass is 335 g/mol. The van der Waals surface area contributed by atoms with Crippen LogP contribution in [-0.4, -0.2) is 32.4 Å².